The van der Waals surface area contributed by atoms with E-state index in [0.29, 0.717) is 121 Å². The SMILES string of the molecule is O=C(OC[C@H]1OC(O)[C@H](OC(=O)c2cc(O)c(O)c(OC(=O)c3cc(O)c(O)c(O)c3)c2)[C@@H](OC(=O)c2cc(O)c(O)c(OC(=O)c3cc(O)c(O)c(O)c3)c2)[C@@H]1OC(=O)c1cc(O)c(O)c(OC(=O)c2ccc(OC(=O)c3ccc(OC(=O)c4cc(O)c(O)c(O)c4)c(O)c3O)c(O)c2O)c1)c1cc(O)c(O)c(OC(=O)c2cc(O)c(O)c(O)c2)c1. The van der Waals surface area contributed by atoms with E-state index in [4.69, 9.17) is 52.1 Å². The molecule has 1 heterocycles. The highest BCUT2D eigenvalue weighted by Crippen LogP contribution is 2.48. The van der Waals surface area contributed by atoms with Crippen molar-refractivity contribution in [3.05, 3.63) is 177 Å². The van der Waals surface area contributed by atoms with Crippen LogP contribution in [0.15, 0.2) is 121 Å². The standard InChI is InChI=1S/C76H52O46/c77-32-5-22(6-33(78)53(32)91)67(102)113-44-3-1-30(51(89)61(44)99)74(109)114-45-4-2-31(52(90)62(45)100)75(110)118-49-20-27(14-43(88)60(49)98)71(106)120-63-50(21-112-66(101)26-13-40(85)57(95)46(17-26)115-68(103)23-7-34(79)54(92)35(80)8-23)119-76(111)65(122-73(108)29-16-42(87)59(97)48(19-29)117-70(105)25-11-38(83)56(94)39(84)12-25)64(63)121-72(107)28-15-41(86)58(96)47(18-28)116-69(104)24-9-36(81)55(93)37(82)10-24/h1-20,50,63-65,76-100,111H,21H2/t50-,63-,64+,65-,76?/m1/s1. The van der Waals surface area contributed by atoms with E-state index in [-0.39, 0.29) is 0 Å². The Morgan fingerprint density at radius 2 is 0.451 bits per heavy atom. The van der Waals surface area contributed by atoms with Crippen LogP contribution in [0.25, 0.3) is 0 Å². The molecule has 46 nitrogen and oxygen atoms in total. The van der Waals surface area contributed by atoms with Crippen LogP contribution in [-0.2, 0) is 23.7 Å². The Morgan fingerprint density at radius 3 is 0.738 bits per heavy atom. The Hall–Kier alpha value is -18.0. The lowest BCUT2D eigenvalue weighted by Gasteiger charge is -2.42. The molecule has 5 atom stereocenters. The van der Waals surface area contributed by atoms with E-state index in [1.165, 1.54) is 0 Å². The highest BCUT2D eigenvalue weighted by atomic mass is 16.7. The van der Waals surface area contributed by atoms with Gasteiger partial charge < -0.3 is 180 Å². The van der Waals surface area contributed by atoms with Crippen molar-refractivity contribution in [2.45, 2.75) is 30.7 Å². The van der Waals surface area contributed by atoms with Crippen LogP contribution in [0, 0.1) is 0 Å². The summed E-state index contributed by atoms with van der Waals surface area (Å²) in [6, 6.07) is 10.3. The molecule has 0 aliphatic carbocycles. The van der Waals surface area contributed by atoms with Gasteiger partial charge in [-0.3, -0.25) is 0 Å². The third kappa shape index (κ3) is 17.3. The zero-order valence-corrected chi connectivity index (χ0v) is 59.9. The van der Waals surface area contributed by atoms with Crippen molar-refractivity contribution in [2.24, 2.45) is 0 Å². The predicted molar refractivity (Wildman–Crippen MR) is 383 cm³/mol. The number of rotatable bonds is 21. The molecule has 10 aromatic carbocycles. The molecule has 11 rings (SSSR count). The van der Waals surface area contributed by atoms with E-state index in [1.807, 2.05) is 0 Å². The summed E-state index contributed by atoms with van der Waals surface area (Å²) in [5, 5.41) is 261. The molecular weight excluding hydrogens is 1650 g/mol. The Bertz CT molecular complexity index is 5990. The highest BCUT2D eigenvalue weighted by Gasteiger charge is 2.53. The highest BCUT2D eigenvalue weighted by molar-refractivity contribution is 6.01. The molecule has 1 aliphatic heterocycles. The fourth-order valence-corrected chi connectivity index (χ4v) is 10.9. The first-order valence-corrected chi connectivity index (χ1v) is 33.2. The van der Waals surface area contributed by atoms with Gasteiger partial charge in [-0.2, -0.15) is 0 Å². The summed E-state index contributed by atoms with van der Waals surface area (Å²) in [7, 11) is 0. The second-order valence-electron chi connectivity index (χ2n) is 25.0. The summed E-state index contributed by atoms with van der Waals surface area (Å²) >= 11 is 0. The van der Waals surface area contributed by atoms with Crippen molar-refractivity contribution in [3.63, 3.8) is 0 Å². The van der Waals surface area contributed by atoms with Crippen LogP contribution in [0.4, 0.5) is 0 Å². The minimum absolute atomic E-state index is 0.328. The van der Waals surface area contributed by atoms with E-state index >= 15 is 0 Å². The monoisotopic (exact) mass is 1700 g/mol. The first kappa shape index (κ1) is 84.9. The number of hydrogen-bond donors (Lipinski definition) is 25. The van der Waals surface area contributed by atoms with Gasteiger partial charge in [-0.25, -0.2) is 47.9 Å². The quantitative estimate of drug-likeness (QED) is 0.0204. The summed E-state index contributed by atoms with van der Waals surface area (Å²) in [6.45, 7) is -1.54. The van der Waals surface area contributed by atoms with Crippen molar-refractivity contribution in [1.29, 1.82) is 0 Å². The number of benzene rings is 10. The third-order valence-corrected chi connectivity index (χ3v) is 17.0. The topological polar surface area (TPSA) is 778 Å². The first-order valence-electron chi connectivity index (χ1n) is 33.2. The fourth-order valence-electron chi connectivity index (χ4n) is 10.9. The fraction of sp³-hybridized carbons (Fsp3) is 0.0789. The number of phenolic OH excluding ortho intramolecular Hbond substituents is 24. The molecular formula is C76H52O46. The van der Waals surface area contributed by atoms with E-state index < -0.39 is 325 Å². The van der Waals surface area contributed by atoms with Gasteiger partial charge >= 0.3 is 59.7 Å². The molecule has 10 aromatic rings. The number of carbonyl (C=O) groups is 10. The molecule has 1 saturated heterocycles. The van der Waals surface area contributed by atoms with Crippen LogP contribution in [0.5, 0.6) is 172 Å². The summed E-state index contributed by atoms with van der Waals surface area (Å²) < 4.78 is 58.4. The average Bonchev–Trinajstić information content (AvgIpc) is 0.770. The minimum Gasteiger partial charge on any atom is -0.504 e. The van der Waals surface area contributed by atoms with Crippen molar-refractivity contribution in [3.8, 4) is 172 Å². The van der Waals surface area contributed by atoms with E-state index in [2.05, 4.69) is 0 Å². The van der Waals surface area contributed by atoms with Crippen molar-refractivity contribution < 1.29 is 228 Å². The molecule has 1 unspecified atom stereocenters. The summed E-state index contributed by atoms with van der Waals surface area (Å²) in [4.78, 5) is 138. The maximum Gasteiger partial charge on any atom is 0.347 e. The molecule has 122 heavy (non-hydrogen) atoms. The van der Waals surface area contributed by atoms with Gasteiger partial charge in [-0.15, -0.1) is 0 Å². The lowest BCUT2D eigenvalue weighted by atomic mass is 9.97. The number of phenols is 24. The first-order chi connectivity index (χ1) is 57.4. The molecule has 0 aromatic heterocycles. The van der Waals surface area contributed by atoms with Gasteiger partial charge in [0.25, 0.3) is 0 Å². The van der Waals surface area contributed by atoms with Gasteiger partial charge in [0.1, 0.15) is 23.8 Å². The van der Waals surface area contributed by atoms with E-state index in [0.717, 1.165) is 0 Å². The lowest BCUT2D eigenvalue weighted by Crippen LogP contribution is -2.62. The Kier molecular flexibility index (Phi) is 23.3. The largest absolute Gasteiger partial charge is 0.504 e. The molecule has 0 amide bonds. The van der Waals surface area contributed by atoms with Crippen LogP contribution in [0.3, 0.4) is 0 Å². The Labute approximate surface area is 671 Å². The maximum absolute atomic E-state index is 14.9. The number of ether oxygens (including phenoxy) is 11. The predicted octanol–water partition coefficient (Wildman–Crippen LogP) is 4.49. The number of esters is 10. The second kappa shape index (κ2) is 33.5. The molecule has 1 fully saturated rings. The minimum atomic E-state index is -2.92. The zero-order valence-electron chi connectivity index (χ0n) is 59.9. The lowest BCUT2D eigenvalue weighted by molar-refractivity contribution is -0.284. The Balaban J connectivity index is 0.941. The number of aromatic hydroxyl groups is 24. The molecule has 1 aliphatic rings. The van der Waals surface area contributed by atoms with E-state index in [1.54, 1.807) is 0 Å². The average molecular weight is 1700 g/mol. The van der Waals surface area contributed by atoms with Crippen LogP contribution in [0.2, 0.25) is 0 Å². The van der Waals surface area contributed by atoms with E-state index in [9.17, 15) is 176 Å². The molecule has 0 radical (unpaired) electrons. The third-order valence-electron chi connectivity index (χ3n) is 17.0. The molecule has 632 valence electrons. The number of aliphatic hydroxyl groups excluding tert-OH is 1. The summed E-state index contributed by atoms with van der Waals surface area (Å²) in [5.74, 6) is -53.5. The molecule has 25 N–H and O–H groups in total. The molecule has 0 spiro atoms. The van der Waals surface area contributed by atoms with Gasteiger partial charge in [-0.05, 0) is 121 Å². The summed E-state index contributed by atoms with van der Waals surface area (Å²) in [5.41, 5.74) is -9.24. The normalized spacial score (nSPS) is 14.6. The number of aliphatic hydroxyl groups is 1. The molecule has 0 bridgehead atoms. The van der Waals surface area contributed by atoms with Crippen molar-refractivity contribution in [1.82, 2.24) is 0 Å². The van der Waals surface area contributed by atoms with Gasteiger partial charge in [0.05, 0.1) is 44.5 Å². The number of carbonyl (C=O) groups excluding carboxylic acids is 10. The Morgan fingerprint density at radius 1 is 0.230 bits per heavy atom. The number of hydrogen-bond acceptors (Lipinski definition) is 46. The van der Waals surface area contributed by atoms with Crippen molar-refractivity contribution >= 4 is 59.7 Å². The van der Waals surface area contributed by atoms with Gasteiger partial charge in [-0.1, -0.05) is 0 Å². The molecule has 0 saturated carbocycles. The smallest absolute Gasteiger partial charge is 0.347 e. The second-order valence-corrected chi connectivity index (χ2v) is 25.0. The zero-order chi connectivity index (χ0) is 89.4. The van der Waals surface area contributed by atoms with Gasteiger partial charge in [0.2, 0.25) is 34.5 Å². The van der Waals surface area contributed by atoms with Gasteiger partial charge in [0, 0.05) is 0 Å². The van der Waals surface area contributed by atoms with Crippen LogP contribution < -0.4 is 28.4 Å². The summed E-state index contributed by atoms with van der Waals surface area (Å²) in [6.07, 6.45) is -13.9. The maximum atomic E-state index is 14.9. The van der Waals surface area contributed by atoms with Gasteiger partial charge in [0.15, 0.2) is 163 Å². The van der Waals surface area contributed by atoms with Crippen LogP contribution >= 0.6 is 0 Å². The van der Waals surface area contributed by atoms with Crippen LogP contribution in [0.1, 0.15) is 104 Å². The van der Waals surface area contributed by atoms with Crippen molar-refractivity contribution in [2.75, 3.05) is 6.61 Å². The van der Waals surface area contributed by atoms with Crippen LogP contribution in [-0.4, -0.2) is 225 Å². The molecule has 46 heteroatoms.